The number of anilines is 1. The van der Waals surface area contributed by atoms with Crippen molar-refractivity contribution >= 4 is 32.5 Å². The van der Waals surface area contributed by atoms with Crippen molar-refractivity contribution in [2.45, 2.75) is 19.4 Å². The van der Waals surface area contributed by atoms with Crippen LogP contribution in [0.1, 0.15) is 24.9 Å². The average molecular weight is 346 g/mol. The van der Waals surface area contributed by atoms with E-state index in [9.17, 15) is 5.11 Å². The number of aromatic hydroxyl groups is 1. The molecule has 0 amide bonds. The summed E-state index contributed by atoms with van der Waals surface area (Å²) in [6.45, 7) is 2.09. The van der Waals surface area contributed by atoms with Gasteiger partial charge in [0.25, 0.3) is 0 Å². The van der Waals surface area contributed by atoms with E-state index in [-0.39, 0.29) is 6.04 Å². The molecule has 0 spiro atoms. The van der Waals surface area contributed by atoms with Gasteiger partial charge in [0.2, 0.25) is 0 Å². The minimum Gasteiger partial charge on any atom is -0.508 e. The molecule has 2 aromatic carbocycles. The van der Waals surface area contributed by atoms with Crippen molar-refractivity contribution in [1.82, 2.24) is 10.2 Å². The van der Waals surface area contributed by atoms with Gasteiger partial charge in [-0.2, -0.15) is 5.10 Å². The number of hydrogen-bond acceptors (Lipinski definition) is 3. The number of fused-ring (bicyclic) bond motifs is 1. The van der Waals surface area contributed by atoms with Gasteiger partial charge in [0.05, 0.1) is 23.4 Å². The van der Waals surface area contributed by atoms with E-state index in [1.165, 1.54) is 0 Å². The second kappa shape index (κ2) is 5.77. The smallest absolute Gasteiger partial charge is 0.120 e. The summed E-state index contributed by atoms with van der Waals surface area (Å²) in [4.78, 5) is 0. The van der Waals surface area contributed by atoms with Gasteiger partial charge in [-0.3, -0.25) is 5.10 Å². The summed E-state index contributed by atoms with van der Waals surface area (Å²) < 4.78 is 0.954. The Balaban J connectivity index is 1.98. The fourth-order valence-corrected chi connectivity index (χ4v) is 2.86. The number of benzene rings is 2. The first-order chi connectivity index (χ1) is 10.2. The molecular weight excluding hydrogens is 330 g/mol. The number of phenolic OH excluding ortho intramolecular Hbond substituents is 1. The van der Waals surface area contributed by atoms with Crippen molar-refractivity contribution in [1.29, 1.82) is 0 Å². The van der Waals surface area contributed by atoms with Crippen molar-refractivity contribution < 1.29 is 5.11 Å². The van der Waals surface area contributed by atoms with Crippen LogP contribution < -0.4 is 5.32 Å². The Kier molecular flexibility index (Phi) is 3.84. The number of aromatic amines is 1. The Morgan fingerprint density at radius 3 is 3.00 bits per heavy atom. The normalized spacial score (nSPS) is 12.5. The van der Waals surface area contributed by atoms with Gasteiger partial charge in [-0.15, -0.1) is 0 Å². The molecule has 1 unspecified atom stereocenters. The number of H-pyrrole nitrogens is 1. The number of nitrogens with zero attached hydrogens (tertiary/aromatic N) is 1. The van der Waals surface area contributed by atoms with Gasteiger partial charge in [0, 0.05) is 15.4 Å². The second-order valence-corrected chi connectivity index (χ2v) is 5.86. The van der Waals surface area contributed by atoms with Crippen LogP contribution in [0.15, 0.2) is 47.1 Å². The number of para-hydroxylation sites is 1. The van der Waals surface area contributed by atoms with Crippen LogP contribution in [0.5, 0.6) is 5.75 Å². The van der Waals surface area contributed by atoms with Crippen LogP contribution in [-0.4, -0.2) is 15.3 Å². The van der Waals surface area contributed by atoms with Crippen LogP contribution in [0.3, 0.4) is 0 Å². The molecule has 0 aliphatic heterocycles. The van der Waals surface area contributed by atoms with Crippen LogP contribution in [0.25, 0.3) is 10.9 Å². The number of phenols is 1. The average Bonchev–Trinajstić information content (AvgIpc) is 2.97. The van der Waals surface area contributed by atoms with Gasteiger partial charge in [-0.05, 0) is 30.7 Å². The highest BCUT2D eigenvalue weighted by molar-refractivity contribution is 9.10. The summed E-state index contributed by atoms with van der Waals surface area (Å²) in [5.41, 5.74) is 2.84. The van der Waals surface area contributed by atoms with Gasteiger partial charge in [0.1, 0.15) is 5.75 Å². The van der Waals surface area contributed by atoms with E-state index >= 15 is 0 Å². The molecule has 108 valence electrons. The first-order valence-corrected chi connectivity index (χ1v) is 7.65. The summed E-state index contributed by atoms with van der Waals surface area (Å²) in [6.07, 6.45) is 2.66. The Bertz CT molecular complexity index is 769. The maximum atomic E-state index is 10.1. The van der Waals surface area contributed by atoms with Gasteiger partial charge >= 0.3 is 0 Å². The highest BCUT2D eigenvalue weighted by Gasteiger charge is 2.15. The standard InChI is InChI=1S/C16H16BrN3O/c1-2-13(12-8-11(17)6-7-15(12)21)19-14-5-3-4-10-9-18-20-16(10)14/h3-9,13,19,21H,2H2,1H3,(H,18,20). The fraction of sp³-hybridized carbons (Fsp3) is 0.188. The van der Waals surface area contributed by atoms with Crippen molar-refractivity contribution in [2.24, 2.45) is 0 Å². The molecular formula is C16H16BrN3O. The Labute approximate surface area is 131 Å². The largest absolute Gasteiger partial charge is 0.508 e. The number of rotatable bonds is 4. The highest BCUT2D eigenvalue weighted by Crippen LogP contribution is 2.33. The molecule has 0 fully saturated rings. The first-order valence-electron chi connectivity index (χ1n) is 6.86. The first kappa shape index (κ1) is 13.9. The summed E-state index contributed by atoms with van der Waals surface area (Å²) in [5, 5.41) is 21.7. The van der Waals surface area contributed by atoms with Gasteiger partial charge in [0.15, 0.2) is 0 Å². The molecule has 0 saturated carbocycles. The van der Waals surface area contributed by atoms with Crippen molar-refractivity contribution in [3.05, 3.63) is 52.6 Å². The van der Waals surface area contributed by atoms with Crippen LogP contribution in [0.2, 0.25) is 0 Å². The molecule has 4 nitrogen and oxygen atoms in total. The van der Waals surface area contributed by atoms with Crippen molar-refractivity contribution in [3.8, 4) is 5.75 Å². The van der Waals surface area contributed by atoms with Crippen molar-refractivity contribution in [3.63, 3.8) is 0 Å². The summed E-state index contributed by atoms with van der Waals surface area (Å²) in [6, 6.07) is 11.5. The Morgan fingerprint density at radius 2 is 2.19 bits per heavy atom. The van der Waals surface area contributed by atoms with E-state index in [1.807, 2.05) is 30.3 Å². The minimum atomic E-state index is 0.0244. The topological polar surface area (TPSA) is 60.9 Å². The lowest BCUT2D eigenvalue weighted by atomic mass is 10.0. The molecule has 0 aliphatic rings. The predicted octanol–water partition coefficient (Wildman–Crippen LogP) is 4.59. The third-order valence-electron chi connectivity index (χ3n) is 3.58. The summed E-state index contributed by atoms with van der Waals surface area (Å²) in [5.74, 6) is 0.300. The molecule has 3 aromatic rings. The molecule has 3 N–H and O–H groups in total. The van der Waals surface area contributed by atoms with Crippen LogP contribution in [-0.2, 0) is 0 Å². The van der Waals surface area contributed by atoms with E-state index < -0.39 is 0 Å². The monoisotopic (exact) mass is 345 g/mol. The quantitative estimate of drug-likeness (QED) is 0.647. The van der Waals surface area contributed by atoms with Crippen LogP contribution in [0, 0.1) is 0 Å². The van der Waals surface area contributed by atoms with E-state index in [1.54, 1.807) is 12.3 Å². The SMILES string of the molecule is CCC(Nc1cccc2cn[nH]c12)c1cc(Br)ccc1O. The molecule has 0 bridgehead atoms. The van der Waals surface area contributed by atoms with E-state index in [0.29, 0.717) is 5.75 Å². The predicted molar refractivity (Wildman–Crippen MR) is 88.6 cm³/mol. The molecule has 0 saturated heterocycles. The molecule has 1 heterocycles. The number of halogens is 1. The lowest BCUT2D eigenvalue weighted by molar-refractivity contribution is 0.462. The highest BCUT2D eigenvalue weighted by atomic mass is 79.9. The molecule has 1 aromatic heterocycles. The molecule has 1 atom stereocenters. The number of hydrogen-bond donors (Lipinski definition) is 3. The van der Waals surface area contributed by atoms with Crippen LogP contribution >= 0.6 is 15.9 Å². The molecule has 0 aliphatic carbocycles. The van der Waals surface area contributed by atoms with Gasteiger partial charge in [-0.1, -0.05) is 35.0 Å². The van der Waals surface area contributed by atoms with Gasteiger partial charge in [-0.25, -0.2) is 0 Å². The molecule has 0 radical (unpaired) electrons. The number of aromatic nitrogens is 2. The van der Waals surface area contributed by atoms with Crippen molar-refractivity contribution in [2.75, 3.05) is 5.32 Å². The molecule has 5 heteroatoms. The molecule has 3 rings (SSSR count). The molecule has 21 heavy (non-hydrogen) atoms. The minimum absolute atomic E-state index is 0.0244. The van der Waals surface area contributed by atoms with E-state index in [2.05, 4.69) is 38.4 Å². The second-order valence-electron chi connectivity index (χ2n) is 4.95. The van der Waals surface area contributed by atoms with Gasteiger partial charge < -0.3 is 10.4 Å². The van der Waals surface area contributed by atoms with E-state index in [4.69, 9.17) is 0 Å². The lowest BCUT2D eigenvalue weighted by Crippen LogP contribution is -2.10. The zero-order valence-electron chi connectivity index (χ0n) is 11.6. The third-order valence-corrected chi connectivity index (χ3v) is 4.07. The van der Waals surface area contributed by atoms with Crippen LogP contribution in [0.4, 0.5) is 5.69 Å². The summed E-state index contributed by atoms with van der Waals surface area (Å²) >= 11 is 3.46. The third kappa shape index (κ3) is 2.74. The van der Waals surface area contributed by atoms with E-state index in [0.717, 1.165) is 33.0 Å². The zero-order chi connectivity index (χ0) is 14.8. The number of nitrogens with one attached hydrogen (secondary N) is 2. The fourth-order valence-electron chi connectivity index (χ4n) is 2.48. The maximum absolute atomic E-state index is 10.1. The lowest BCUT2D eigenvalue weighted by Gasteiger charge is -2.20. The Morgan fingerprint density at radius 1 is 1.33 bits per heavy atom. The maximum Gasteiger partial charge on any atom is 0.120 e. The zero-order valence-corrected chi connectivity index (χ0v) is 13.2. The summed E-state index contributed by atoms with van der Waals surface area (Å²) in [7, 11) is 0. The Hall–Kier alpha value is -2.01.